The third kappa shape index (κ3) is 2.26. The van der Waals surface area contributed by atoms with Crippen LogP contribution in [0.3, 0.4) is 0 Å². The molecule has 5 rings (SSSR count). The Morgan fingerprint density at radius 2 is 1.85 bits per heavy atom. The Morgan fingerprint density at radius 1 is 1.00 bits per heavy atom. The minimum atomic E-state index is -0.411. The molecule has 4 aliphatic carbocycles. The van der Waals surface area contributed by atoms with Crippen LogP contribution in [-0.4, -0.2) is 5.11 Å². The summed E-state index contributed by atoms with van der Waals surface area (Å²) in [4.78, 5) is 0. The Morgan fingerprint density at radius 3 is 2.69 bits per heavy atom. The number of aliphatic hydroxyl groups is 1. The third-order valence-corrected chi connectivity index (χ3v) is 8.69. The number of hydrogen-bond acceptors (Lipinski definition) is 1. The van der Waals surface area contributed by atoms with Crippen molar-refractivity contribution in [3.05, 3.63) is 59.7 Å². The van der Waals surface area contributed by atoms with Gasteiger partial charge in [0.1, 0.15) is 0 Å². The highest BCUT2D eigenvalue weighted by Crippen LogP contribution is 2.66. The quantitative estimate of drug-likeness (QED) is 0.673. The van der Waals surface area contributed by atoms with Crippen molar-refractivity contribution in [1.82, 2.24) is 0 Å². The standard InChI is InChI=1S/C25H32O/c1-24-15-6-5-10-19(24)12-13-20-21(24)14-17-25(16-7-11-22(20)25)23(26)18-8-3-2-4-9-18/h2-4,7-9,11,16,19-21,23,26H,5-6,10,12-15,17H2,1H3/t19?,20-,21+,23?,24+,25-/m1/s1. The minimum absolute atomic E-state index is 0.152. The van der Waals surface area contributed by atoms with E-state index in [2.05, 4.69) is 49.4 Å². The molecule has 0 saturated heterocycles. The zero-order valence-corrected chi connectivity index (χ0v) is 16.0. The molecule has 0 amide bonds. The molecule has 3 fully saturated rings. The first-order chi connectivity index (χ1) is 12.7. The molecule has 3 saturated carbocycles. The summed E-state index contributed by atoms with van der Waals surface area (Å²) in [5.74, 6) is 2.44. The Bertz CT molecular complexity index is 732. The highest BCUT2D eigenvalue weighted by atomic mass is 16.3. The Labute approximate surface area is 158 Å². The highest BCUT2D eigenvalue weighted by molar-refractivity contribution is 5.42. The van der Waals surface area contributed by atoms with E-state index >= 15 is 0 Å². The summed E-state index contributed by atoms with van der Waals surface area (Å²) in [5.41, 5.74) is 3.01. The zero-order valence-electron chi connectivity index (χ0n) is 16.0. The van der Waals surface area contributed by atoms with E-state index < -0.39 is 6.10 Å². The Kier molecular flexibility index (Phi) is 3.94. The molecule has 6 atom stereocenters. The van der Waals surface area contributed by atoms with Crippen molar-refractivity contribution < 1.29 is 5.11 Å². The van der Waals surface area contributed by atoms with Crippen molar-refractivity contribution in [3.63, 3.8) is 0 Å². The molecule has 0 aliphatic heterocycles. The maximum Gasteiger partial charge on any atom is 0.0918 e. The van der Waals surface area contributed by atoms with Crippen molar-refractivity contribution in [3.8, 4) is 0 Å². The van der Waals surface area contributed by atoms with E-state index in [-0.39, 0.29) is 5.41 Å². The van der Waals surface area contributed by atoms with Crippen molar-refractivity contribution in [2.24, 2.45) is 28.6 Å². The maximum absolute atomic E-state index is 11.4. The molecule has 1 N–H and O–H groups in total. The number of allylic oxidation sites excluding steroid dienone is 2. The van der Waals surface area contributed by atoms with E-state index in [0.717, 1.165) is 23.8 Å². The molecule has 1 aromatic rings. The van der Waals surface area contributed by atoms with Crippen LogP contribution in [0.2, 0.25) is 0 Å². The van der Waals surface area contributed by atoms with Gasteiger partial charge in [0, 0.05) is 5.41 Å². The number of aliphatic hydroxyl groups excluding tert-OH is 1. The average Bonchev–Trinajstić information content (AvgIpc) is 3.13. The van der Waals surface area contributed by atoms with Crippen LogP contribution in [0.5, 0.6) is 0 Å². The normalized spacial score (nSPS) is 42.4. The van der Waals surface area contributed by atoms with E-state index in [1.165, 1.54) is 44.9 Å². The zero-order chi connectivity index (χ0) is 17.8. The summed E-state index contributed by atoms with van der Waals surface area (Å²) in [5, 5.41) is 11.4. The van der Waals surface area contributed by atoms with Gasteiger partial charge in [-0.2, -0.15) is 0 Å². The van der Waals surface area contributed by atoms with E-state index in [4.69, 9.17) is 0 Å². The number of fused-ring (bicyclic) bond motifs is 5. The van der Waals surface area contributed by atoms with Crippen molar-refractivity contribution in [2.75, 3.05) is 0 Å². The molecule has 4 aliphatic rings. The van der Waals surface area contributed by atoms with Gasteiger partial charge in [0.05, 0.1) is 6.10 Å². The first kappa shape index (κ1) is 16.8. The number of hydrogen-bond donors (Lipinski definition) is 1. The summed E-state index contributed by atoms with van der Waals surface area (Å²) in [7, 11) is 0. The topological polar surface area (TPSA) is 20.2 Å². The molecular formula is C25H32O. The molecule has 0 spiro atoms. The van der Waals surface area contributed by atoms with Crippen LogP contribution in [0.25, 0.3) is 0 Å². The molecule has 1 aromatic carbocycles. The molecule has 0 bridgehead atoms. The van der Waals surface area contributed by atoms with Crippen LogP contribution in [0.1, 0.15) is 70.0 Å². The lowest BCUT2D eigenvalue weighted by molar-refractivity contribution is -0.0638. The second-order valence-electron chi connectivity index (χ2n) is 9.61. The van der Waals surface area contributed by atoms with Crippen LogP contribution >= 0.6 is 0 Å². The van der Waals surface area contributed by atoms with Crippen molar-refractivity contribution in [1.29, 1.82) is 0 Å². The molecule has 138 valence electrons. The van der Waals surface area contributed by atoms with Gasteiger partial charge >= 0.3 is 0 Å². The number of rotatable bonds is 2. The largest absolute Gasteiger partial charge is 0.387 e. The molecule has 1 heteroatoms. The monoisotopic (exact) mass is 348 g/mol. The van der Waals surface area contributed by atoms with E-state index in [9.17, 15) is 5.11 Å². The van der Waals surface area contributed by atoms with Crippen molar-refractivity contribution >= 4 is 0 Å². The van der Waals surface area contributed by atoms with Gasteiger partial charge in [0.25, 0.3) is 0 Å². The molecule has 0 heterocycles. The second kappa shape index (κ2) is 6.09. The summed E-state index contributed by atoms with van der Waals surface area (Å²) in [6.45, 7) is 2.61. The first-order valence-electron chi connectivity index (χ1n) is 10.8. The summed E-state index contributed by atoms with van der Waals surface area (Å²) in [6.07, 6.45) is 17.4. The van der Waals surface area contributed by atoms with Gasteiger partial charge in [-0.25, -0.2) is 0 Å². The van der Waals surface area contributed by atoms with Gasteiger partial charge in [-0.05, 0) is 67.3 Å². The van der Waals surface area contributed by atoms with Gasteiger partial charge in [0.15, 0.2) is 0 Å². The summed E-state index contributed by atoms with van der Waals surface area (Å²) < 4.78 is 0. The van der Waals surface area contributed by atoms with Crippen LogP contribution in [0.15, 0.2) is 54.1 Å². The lowest BCUT2D eigenvalue weighted by atomic mass is 9.46. The fourth-order valence-electron chi connectivity index (χ4n) is 7.32. The van der Waals surface area contributed by atoms with E-state index in [0.29, 0.717) is 11.3 Å². The number of benzene rings is 1. The summed E-state index contributed by atoms with van der Waals surface area (Å²) >= 11 is 0. The molecule has 0 radical (unpaired) electrons. The van der Waals surface area contributed by atoms with Gasteiger partial charge in [0.2, 0.25) is 0 Å². The first-order valence-corrected chi connectivity index (χ1v) is 10.8. The molecule has 0 aromatic heterocycles. The predicted octanol–water partition coefficient (Wildman–Crippen LogP) is 6.22. The lowest BCUT2D eigenvalue weighted by Gasteiger charge is -2.59. The van der Waals surface area contributed by atoms with Gasteiger partial charge < -0.3 is 5.11 Å². The van der Waals surface area contributed by atoms with Crippen LogP contribution in [0.4, 0.5) is 0 Å². The predicted molar refractivity (Wildman–Crippen MR) is 107 cm³/mol. The van der Waals surface area contributed by atoms with Crippen LogP contribution < -0.4 is 0 Å². The van der Waals surface area contributed by atoms with Gasteiger partial charge in [-0.1, -0.05) is 73.9 Å². The molecule has 1 nitrogen and oxygen atoms in total. The molecule has 2 unspecified atom stereocenters. The second-order valence-corrected chi connectivity index (χ2v) is 9.61. The van der Waals surface area contributed by atoms with Gasteiger partial charge in [-0.15, -0.1) is 0 Å². The molecule has 26 heavy (non-hydrogen) atoms. The van der Waals surface area contributed by atoms with Crippen LogP contribution in [0, 0.1) is 28.6 Å². The Balaban J connectivity index is 1.49. The lowest BCUT2D eigenvalue weighted by Crippen LogP contribution is -2.50. The van der Waals surface area contributed by atoms with Crippen LogP contribution in [-0.2, 0) is 0 Å². The summed E-state index contributed by atoms with van der Waals surface area (Å²) in [6, 6.07) is 10.3. The SMILES string of the molecule is C[C@]12CCCCC1CC[C@H]1C3=CC=C[C@@]3(C(O)c3ccccc3)CC[C@@H]12. The highest BCUT2D eigenvalue weighted by Gasteiger charge is 2.56. The van der Waals surface area contributed by atoms with E-state index in [1.807, 2.05) is 6.07 Å². The average molecular weight is 349 g/mol. The van der Waals surface area contributed by atoms with Gasteiger partial charge in [-0.3, -0.25) is 0 Å². The Hall–Kier alpha value is -1.34. The fourth-order valence-corrected chi connectivity index (χ4v) is 7.32. The van der Waals surface area contributed by atoms with E-state index in [1.54, 1.807) is 5.57 Å². The maximum atomic E-state index is 11.4. The minimum Gasteiger partial charge on any atom is -0.387 e. The molecular weight excluding hydrogens is 316 g/mol. The smallest absolute Gasteiger partial charge is 0.0918 e. The van der Waals surface area contributed by atoms with Crippen molar-refractivity contribution in [2.45, 2.75) is 64.4 Å². The third-order valence-electron chi connectivity index (χ3n) is 8.69. The fraction of sp³-hybridized carbons (Fsp3) is 0.600.